The van der Waals surface area contributed by atoms with Crippen LogP contribution in [0.4, 0.5) is 0 Å². The molecule has 0 spiro atoms. The van der Waals surface area contributed by atoms with Gasteiger partial charge in [0.15, 0.2) is 0 Å². The third-order valence-corrected chi connectivity index (χ3v) is 4.13. The molecule has 2 aliphatic heterocycles. The van der Waals surface area contributed by atoms with E-state index < -0.39 is 47.3 Å². The normalized spacial score (nSPS) is 37.4. The molecule has 1 aliphatic carbocycles. The first-order valence-corrected chi connectivity index (χ1v) is 5.86. The van der Waals surface area contributed by atoms with Crippen LogP contribution in [-0.4, -0.2) is 48.0 Å². The Kier molecular flexibility index (Phi) is 2.48. The third-order valence-electron chi connectivity index (χ3n) is 4.13. The second kappa shape index (κ2) is 3.84. The molecular weight excluding hydrogens is 256 g/mol. The van der Waals surface area contributed by atoms with Crippen molar-refractivity contribution in [2.24, 2.45) is 23.7 Å². The maximum absolute atomic E-state index is 12.1. The van der Waals surface area contributed by atoms with Gasteiger partial charge >= 0.3 is 0 Å². The number of carbonyl (C=O) groups excluding carboxylic acids is 4. The molecule has 0 radical (unpaired) electrons. The Hall–Kier alpha value is -1.80. The van der Waals surface area contributed by atoms with E-state index in [4.69, 9.17) is 9.68 Å². The van der Waals surface area contributed by atoms with E-state index >= 15 is 0 Å². The van der Waals surface area contributed by atoms with Crippen molar-refractivity contribution in [3.05, 3.63) is 0 Å². The van der Waals surface area contributed by atoms with Crippen LogP contribution < -0.4 is 0 Å². The number of carbonyl (C=O) groups is 4. The molecule has 8 nitrogen and oxygen atoms in total. The summed E-state index contributed by atoms with van der Waals surface area (Å²) in [6.07, 6.45) is 0.185. The number of nitrogens with zero attached hydrogens (tertiary/aromatic N) is 2. The van der Waals surface area contributed by atoms with E-state index in [9.17, 15) is 19.2 Å². The maximum Gasteiger partial charge on any atom is 0.258 e. The lowest BCUT2D eigenvalue weighted by Gasteiger charge is -2.15. The molecule has 0 aromatic heterocycles. The fraction of sp³-hybridized carbons (Fsp3) is 0.636. The van der Waals surface area contributed by atoms with E-state index in [1.54, 1.807) is 0 Å². The molecule has 3 fully saturated rings. The second-order valence-electron chi connectivity index (χ2n) is 4.81. The first kappa shape index (κ1) is 12.2. The largest absolute Gasteiger partial charge is 0.272 e. The number of hydroxylamine groups is 4. The zero-order valence-electron chi connectivity index (χ0n) is 10.4. The van der Waals surface area contributed by atoms with E-state index in [2.05, 4.69) is 0 Å². The van der Waals surface area contributed by atoms with Crippen LogP contribution >= 0.6 is 0 Å². The topological polar surface area (TPSA) is 93.2 Å². The predicted molar refractivity (Wildman–Crippen MR) is 56.3 cm³/mol. The second-order valence-corrected chi connectivity index (χ2v) is 4.81. The van der Waals surface area contributed by atoms with Gasteiger partial charge in [0.2, 0.25) is 0 Å². The summed E-state index contributed by atoms with van der Waals surface area (Å²) >= 11 is 0. The molecule has 4 atom stereocenters. The van der Waals surface area contributed by atoms with Crippen molar-refractivity contribution in [2.75, 3.05) is 14.2 Å². The summed E-state index contributed by atoms with van der Waals surface area (Å²) in [7, 11) is 2.44. The van der Waals surface area contributed by atoms with Crippen molar-refractivity contribution in [3.63, 3.8) is 0 Å². The van der Waals surface area contributed by atoms with Gasteiger partial charge in [-0.3, -0.25) is 28.9 Å². The highest BCUT2D eigenvalue weighted by Gasteiger charge is 2.67. The summed E-state index contributed by atoms with van der Waals surface area (Å²) in [4.78, 5) is 57.5. The van der Waals surface area contributed by atoms with Crippen LogP contribution in [0.5, 0.6) is 0 Å². The molecule has 19 heavy (non-hydrogen) atoms. The fourth-order valence-corrected chi connectivity index (χ4v) is 3.38. The molecule has 0 aromatic carbocycles. The lowest BCUT2D eigenvalue weighted by atomic mass is 9.89. The Balaban J connectivity index is 1.97. The van der Waals surface area contributed by atoms with Crippen LogP contribution in [0.1, 0.15) is 6.42 Å². The van der Waals surface area contributed by atoms with Crippen LogP contribution in [-0.2, 0) is 28.9 Å². The lowest BCUT2D eigenvalue weighted by molar-refractivity contribution is -0.184. The minimum Gasteiger partial charge on any atom is -0.272 e. The minimum atomic E-state index is -0.811. The van der Waals surface area contributed by atoms with Gasteiger partial charge in [-0.2, -0.15) is 10.1 Å². The SMILES string of the molecule is CON1C(=O)C2CC3C(=O)N(OC)C(=O)C3C2C1=O. The zero-order valence-corrected chi connectivity index (χ0v) is 10.4. The average molecular weight is 268 g/mol. The first-order valence-electron chi connectivity index (χ1n) is 5.86. The molecule has 4 amide bonds. The molecule has 0 N–H and O–H groups in total. The summed E-state index contributed by atoms with van der Waals surface area (Å²) in [5.74, 6) is -4.96. The van der Waals surface area contributed by atoms with Crippen molar-refractivity contribution in [1.29, 1.82) is 0 Å². The molecule has 0 aromatic rings. The Morgan fingerprint density at radius 1 is 0.789 bits per heavy atom. The lowest BCUT2D eigenvalue weighted by Crippen LogP contribution is -2.35. The highest BCUT2D eigenvalue weighted by molar-refractivity contribution is 6.12. The van der Waals surface area contributed by atoms with Crippen LogP contribution in [0, 0.1) is 23.7 Å². The van der Waals surface area contributed by atoms with E-state index in [1.165, 1.54) is 14.2 Å². The zero-order chi connectivity index (χ0) is 13.9. The molecule has 3 aliphatic rings. The van der Waals surface area contributed by atoms with E-state index in [0.717, 1.165) is 0 Å². The average Bonchev–Trinajstić information content (AvgIpc) is 2.94. The van der Waals surface area contributed by atoms with Crippen LogP contribution in [0.25, 0.3) is 0 Å². The molecule has 1 saturated carbocycles. The van der Waals surface area contributed by atoms with Crippen molar-refractivity contribution in [2.45, 2.75) is 6.42 Å². The van der Waals surface area contributed by atoms with Crippen LogP contribution in [0.2, 0.25) is 0 Å². The summed E-state index contributed by atoms with van der Waals surface area (Å²) in [5.41, 5.74) is 0. The van der Waals surface area contributed by atoms with Crippen LogP contribution in [0.3, 0.4) is 0 Å². The molecule has 4 unspecified atom stereocenters. The Bertz CT molecular complexity index is 459. The standard InChI is InChI=1S/C11H12N2O6/c1-18-12-8(14)4-3-5-7(6(4)10(12)16)11(17)13(19-2)9(5)15/h4-7H,3H2,1-2H3. The van der Waals surface area contributed by atoms with Gasteiger partial charge in [0, 0.05) is 0 Å². The number of fused-ring (bicyclic) bond motifs is 3. The van der Waals surface area contributed by atoms with Gasteiger partial charge in [-0.1, -0.05) is 0 Å². The van der Waals surface area contributed by atoms with Crippen LogP contribution in [0.15, 0.2) is 0 Å². The Morgan fingerprint density at radius 3 is 1.47 bits per heavy atom. The molecule has 3 rings (SSSR count). The molecule has 2 heterocycles. The number of amides is 4. The summed E-state index contributed by atoms with van der Waals surface area (Å²) in [6, 6.07) is 0. The fourth-order valence-electron chi connectivity index (χ4n) is 3.38. The maximum atomic E-state index is 12.1. The van der Waals surface area contributed by atoms with Crippen molar-refractivity contribution >= 4 is 23.6 Å². The van der Waals surface area contributed by atoms with Crippen molar-refractivity contribution < 1.29 is 28.9 Å². The van der Waals surface area contributed by atoms with E-state index in [0.29, 0.717) is 10.1 Å². The summed E-state index contributed by atoms with van der Waals surface area (Å²) in [6.45, 7) is 0. The number of rotatable bonds is 2. The predicted octanol–water partition coefficient (Wildman–Crippen LogP) is -1.28. The molecular formula is C11H12N2O6. The molecule has 102 valence electrons. The van der Waals surface area contributed by atoms with Gasteiger partial charge in [-0.25, -0.2) is 0 Å². The highest BCUT2D eigenvalue weighted by Crippen LogP contribution is 2.51. The Labute approximate surface area is 108 Å². The van der Waals surface area contributed by atoms with Gasteiger partial charge in [0.1, 0.15) is 0 Å². The summed E-state index contributed by atoms with van der Waals surface area (Å²) < 4.78 is 0. The van der Waals surface area contributed by atoms with Gasteiger partial charge in [-0.15, -0.1) is 0 Å². The molecule has 2 saturated heterocycles. The number of imide groups is 2. The number of hydrogen-bond acceptors (Lipinski definition) is 6. The quantitative estimate of drug-likeness (QED) is 0.579. The van der Waals surface area contributed by atoms with Crippen molar-refractivity contribution in [1.82, 2.24) is 10.1 Å². The van der Waals surface area contributed by atoms with Gasteiger partial charge < -0.3 is 0 Å². The third kappa shape index (κ3) is 1.30. The Morgan fingerprint density at radius 2 is 1.16 bits per heavy atom. The van der Waals surface area contributed by atoms with Gasteiger partial charge in [0.25, 0.3) is 23.6 Å². The highest BCUT2D eigenvalue weighted by atomic mass is 16.7. The summed E-state index contributed by atoms with van der Waals surface area (Å²) in [5, 5.41) is 1.36. The van der Waals surface area contributed by atoms with Gasteiger partial charge in [-0.05, 0) is 6.42 Å². The molecule has 0 bridgehead atoms. The van der Waals surface area contributed by atoms with E-state index in [1.807, 2.05) is 0 Å². The minimum absolute atomic E-state index is 0.185. The smallest absolute Gasteiger partial charge is 0.258 e. The van der Waals surface area contributed by atoms with Gasteiger partial charge in [0.05, 0.1) is 37.9 Å². The molecule has 8 heteroatoms. The van der Waals surface area contributed by atoms with E-state index in [-0.39, 0.29) is 6.42 Å². The first-order chi connectivity index (χ1) is 9.02. The monoisotopic (exact) mass is 268 g/mol. The van der Waals surface area contributed by atoms with Crippen molar-refractivity contribution in [3.8, 4) is 0 Å². The number of hydrogen-bond donors (Lipinski definition) is 0.